The van der Waals surface area contributed by atoms with Gasteiger partial charge in [0.25, 0.3) is 0 Å². The van der Waals surface area contributed by atoms with Gasteiger partial charge in [-0.1, -0.05) is 20.1 Å². The summed E-state index contributed by atoms with van der Waals surface area (Å²) in [5, 5.41) is 9.74. The number of hydrogen-bond acceptors (Lipinski definition) is 4. The van der Waals surface area contributed by atoms with E-state index in [1.54, 1.807) is 12.2 Å². The zero-order valence-electron chi connectivity index (χ0n) is 10.9. The van der Waals surface area contributed by atoms with Crippen LogP contribution in [0.15, 0.2) is 25.3 Å². The Morgan fingerprint density at radius 1 is 1.33 bits per heavy atom. The summed E-state index contributed by atoms with van der Waals surface area (Å²) in [6.07, 6.45) is 3.20. The molecule has 0 aliphatic heterocycles. The van der Waals surface area contributed by atoms with E-state index in [0.29, 0.717) is 17.6 Å². The van der Waals surface area contributed by atoms with Crippen molar-refractivity contribution >= 4 is 10.1 Å². The predicted octanol–water partition coefficient (Wildman–Crippen LogP) is 0.491. The van der Waals surface area contributed by atoms with Gasteiger partial charge in [-0.15, -0.1) is 0 Å². The Labute approximate surface area is 110 Å². The molecule has 1 unspecified atom stereocenters. The minimum absolute atomic E-state index is 0.216. The molecule has 0 aromatic carbocycles. The summed E-state index contributed by atoms with van der Waals surface area (Å²) in [4.78, 5) is 0. The van der Waals surface area contributed by atoms with Crippen molar-refractivity contribution in [3.63, 3.8) is 0 Å². The van der Waals surface area contributed by atoms with Gasteiger partial charge in [-0.05, 0) is 18.6 Å². The first-order valence-electron chi connectivity index (χ1n) is 5.97. The highest BCUT2D eigenvalue weighted by molar-refractivity contribution is 7.85. The van der Waals surface area contributed by atoms with Crippen molar-refractivity contribution in [3.05, 3.63) is 25.3 Å². The Balaban J connectivity index is 4.83. The summed E-state index contributed by atoms with van der Waals surface area (Å²) >= 11 is 0. The van der Waals surface area contributed by atoms with Crippen molar-refractivity contribution in [1.29, 1.82) is 0 Å². The smallest absolute Gasteiger partial charge is 0.116 e. The lowest BCUT2D eigenvalue weighted by Crippen LogP contribution is -2.54. The molecular weight excluding hydrogens is 254 g/mol. The first-order chi connectivity index (χ1) is 8.28. The fourth-order valence-corrected chi connectivity index (χ4v) is 2.83. The van der Waals surface area contributed by atoms with E-state index in [9.17, 15) is 18.1 Å². The highest BCUT2D eigenvalue weighted by atomic mass is 32.2. The molecule has 0 fully saturated rings. The topological polar surface area (TPSA) is 77.4 Å². The fraction of sp³-hybridized carbons (Fsp3) is 0.667. The van der Waals surface area contributed by atoms with Gasteiger partial charge in [0, 0.05) is 0 Å². The van der Waals surface area contributed by atoms with Gasteiger partial charge in [0.05, 0.1) is 35.5 Å². The molecule has 1 atom stereocenters. The van der Waals surface area contributed by atoms with Crippen molar-refractivity contribution in [2.24, 2.45) is 0 Å². The lowest BCUT2D eigenvalue weighted by Gasteiger charge is -2.38. The third-order valence-electron chi connectivity index (χ3n) is 2.73. The summed E-state index contributed by atoms with van der Waals surface area (Å²) in [5.41, 5.74) is 0. The van der Waals surface area contributed by atoms with Crippen LogP contribution in [-0.2, 0) is 10.1 Å². The van der Waals surface area contributed by atoms with Gasteiger partial charge in [0.1, 0.15) is 12.6 Å². The van der Waals surface area contributed by atoms with E-state index in [0.717, 1.165) is 13.0 Å². The molecule has 106 valence electrons. The number of aliphatic hydroxyl groups is 1. The van der Waals surface area contributed by atoms with Crippen LogP contribution in [-0.4, -0.2) is 60.6 Å². The highest BCUT2D eigenvalue weighted by Crippen LogP contribution is 2.12. The fourth-order valence-electron chi connectivity index (χ4n) is 2.25. The second kappa shape index (κ2) is 7.68. The van der Waals surface area contributed by atoms with E-state index >= 15 is 0 Å². The number of quaternary nitrogens is 1. The van der Waals surface area contributed by atoms with Crippen molar-refractivity contribution in [2.75, 3.05) is 31.9 Å². The quantitative estimate of drug-likeness (QED) is 0.358. The molecule has 0 aliphatic rings. The van der Waals surface area contributed by atoms with Crippen LogP contribution in [0.4, 0.5) is 0 Å². The van der Waals surface area contributed by atoms with E-state index in [-0.39, 0.29) is 6.54 Å². The summed E-state index contributed by atoms with van der Waals surface area (Å²) in [7, 11) is -4.40. The largest absolute Gasteiger partial charge is 0.748 e. The molecule has 0 saturated carbocycles. The molecule has 0 spiro atoms. The molecule has 0 bridgehead atoms. The Bertz CT molecular complexity index is 354. The number of nitrogens with zero attached hydrogens (tertiary/aromatic N) is 1. The molecule has 0 aromatic rings. The molecule has 5 nitrogen and oxygen atoms in total. The number of aliphatic hydroxyl groups excluding tert-OH is 1. The molecule has 0 saturated heterocycles. The molecule has 1 N–H and O–H groups in total. The van der Waals surface area contributed by atoms with E-state index in [2.05, 4.69) is 13.2 Å². The summed E-state index contributed by atoms with van der Waals surface area (Å²) in [6, 6.07) is 0. The summed E-state index contributed by atoms with van der Waals surface area (Å²) in [5.74, 6) is -0.745. The second-order valence-electron chi connectivity index (χ2n) is 4.57. The third kappa shape index (κ3) is 6.90. The minimum Gasteiger partial charge on any atom is -0.748 e. The van der Waals surface area contributed by atoms with Gasteiger partial charge in [0.15, 0.2) is 0 Å². The molecule has 0 rings (SSSR count). The van der Waals surface area contributed by atoms with Crippen LogP contribution in [0, 0.1) is 0 Å². The highest BCUT2D eigenvalue weighted by Gasteiger charge is 2.28. The van der Waals surface area contributed by atoms with Gasteiger partial charge < -0.3 is 14.1 Å². The average Bonchev–Trinajstić information content (AvgIpc) is 2.15. The normalized spacial score (nSPS) is 14.2. The van der Waals surface area contributed by atoms with Crippen LogP contribution in [0.3, 0.4) is 0 Å². The Morgan fingerprint density at radius 3 is 2.17 bits per heavy atom. The molecule has 18 heavy (non-hydrogen) atoms. The first-order valence-corrected chi connectivity index (χ1v) is 7.55. The monoisotopic (exact) mass is 277 g/mol. The molecular formula is C12H23NO4S. The Morgan fingerprint density at radius 2 is 1.83 bits per heavy atom. The zero-order valence-corrected chi connectivity index (χ0v) is 11.7. The van der Waals surface area contributed by atoms with E-state index < -0.39 is 22.0 Å². The molecule has 0 aliphatic carbocycles. The van der Waals surface area contributed by atoms with Crippen molar-refractivity contribution in [3.8, 4) is 0 Å². The lowest BCUT2D eigenvalue weighted by molar-refractivity contribution is -0.920. The van der Waals surface area contributed by atoms with Crippen LogP contribution < -0.4 is 0 Å². The zero-order chi connectivity index (χ0) is 14.2. The maximum Gasteiger partial charge on any atom is 0.116 e. The molecule has 6 heteroatoms. The lowest BCUT2D eigenvalue weighted by atomic mass is 10.2. The maximum atomic E-state index is 10.6. The molecule has 0 amide bonds. The first kappa shape index (κ1) is 17.3. The Hall–Kier alpha value is -0.690. The third-order valence-corrected chi connectivity index (χ3v) is 3.52. The van der Waals surface area contributed by atoms with Crippen molar-refractivity contribution < 1.29 is 22.6 Å². The van der Waals surface area contributed by atoms with Crippen LogP contribution in [0.1, 0.15) is 13.3 Å². The minimum atomic E-state index is -4.40. The van der Waals surface area contributed by atoms with Gasteiger partial charge in [-0.2, -0.15) is 0 Å². The van der Waals surface area contributed by atoms with Crippen molar-refractivity contribution in [2.45, 2.75) is 19.4 Å². The van der Waals surface area contributed by atoms with Gasteiger partial charge in [-0.25, -0.2) is 8.42 Å². The molecule has 0 aromatic heterocycles. The summed E-state index contributed by atoms with van der Waals surface area (Å²) < 4.78 is 32.4. The van der Waals surface area contributed by atoms with E-state index in [1.807, 2.05) is 6.92 Å². The van der Waals surface area contributed by atoms with Crippen LogP contribution >= 0.6 is 0 Å². The van der Waals surface area contributed by atoms with E-state index in [1.165, 1.54) is 0 Å². The number of rotatable bonds is 10. The summed E-state index contributed by atoms with van der Waals surface area (Å²) in [6.45, 7) is 11.6. The maximum absolute atomic E-state index is 10.6. The van der Waals surface area contributed by atoms with Crippen LogP contribution in [0.25, 0.3) is 0 Å². The van der Waals surface area contributed by atoms with Gasteiger partial charge in [-0.3, -0.25) is 0 Å². The van der Waals surface area contributed by atoms with Crippen molar-refractivity contribution in [1.82, 2.24) is 0 Å². The molecule has 0 radical (unpaired) electrons. The average molecular weight is 277 g/mol. The predicted molar refractivity (Wildman–Crippen MR) is 71.0 cm³/mol. The van der Waals surface area contributed by atoms with Crippen LogP contribution in [0.5, 0.6) is 0 Å². The van der Waals surface area contributed by atoms with Gasteiger partial charge in [0.2, 0.25) is 0 Å². The van der Waals surface area contributed by atoms with Gasteiger partial charge >= 0.3 is 0 Å². The Kier molecular flexibility index (Phi) is 7.39. The standard InChI is InChI=1S/C12H23NO4S/c1-4-7-13(8-5-2,9-6-3)10-12(14)11-18(15,16)17/h4-5,12,14H,1-2,6-11H2,3H3. The second-order valence-corrected chi connectivity index (χ2v) is 6.02. The SMILES string of the molecule is C=CC[N+](CC=C)(CCC)CC(O)CS(=O)(=O)[O-]. The van der Waals surface area contributed by atoms with E-state index in [4.69, 9.17) is 0 Å². The molecule has 0 heterocycles. The number of hydrogen-bond donors (Lipinski definition) is 1. The van der Waals surface area contributed by atoms with Crippen LogP contribution in [0.2, 0.25) is 0 Å².